The van der Waals surface area contributed by atoms with Gasteiger partial charge in [-0.3, -0.25) is 9.69 Å². The van der Waals surface area contributed by atoms with Crippen LogP contribution in [-0.2, 0) is 4.79 Å². The van der Waals surface area contributed by atoms with Crippen LogP contribution in [0.2, 0.25) is 0 Å². The van der Waals surface area contributed by atoms with Crippen LogP contribution in [0.15, 0.2) is 43.0 Å². The number of thioether (sulfide) groups is 1. The highest BCUT2D eigenvalue weighted by molar-refractivity contribution is 8.00. The summed E-state index contributed by atoms with van der Waals surface area (Å²) in [6.07, 6.45) is 5.13. The standard InChI is InChI=1S/C17H21N3O3S/c1-13(19-9-8-18-12-19)16(21)20-10-11-24-17(20,2)23-15-7-5-4-6-14(15)22-3/h4-9,12-13H,10-11H2,1-3H3. The molecule has 1 aromatic carbocycles. The summed E-state index contributed by atoms with van der Waals surface area (Å²) in [4.78, 5) is 18.8. The van der Waals surface area contributed by atoms with Gasteiger partial charge in [0.1, 0.15) is 6.04 Å². The highest BCUT2D eigenvalue weighted by atomic mass is 32.2. The van der Waals surface area contributed by atoms with E-state index in [4.69, 9.17) is 9.47 Å². The molecule has 1 saturated heterocycles. The third kappa shape index (κ3) is 3.08. The predicted molar refractivity (Wildman–Crippen MR) is 93.1 cm³/mol. The maximum atomic E-state index is 13.0. The van der Waals surface area contributed by atoms with Gasteiger partial charge in [0.15, 0.2) is 11.5 Å². The van der Waals surface area contributed by atoms with E-state index in [9.17, 15) is 4.79 Å². The van der Waals surface area contributed by atoms with Crippen molar-refractivity contribution in [1.29, 1.82) is 0 Å². The predicted octanol–water partition coefficient (Wildman–Crippen LogP) is 2.78. The zero-order valence-electron chi connectivity index (χ0n) is 14.0. The molecule has 0 aliphatic carbocycles. The van der Waals surface area contributed by atoms with Gasteiger partial charge in [0.2, 0.25) is 11.0 Å². The largest absolute Gasteiger partial charge is 0.493 e. The molecule has 7 heteroatoms. The molecule has 24 heavy (non-hydrogen) atoms. The Morgan fingerprint density at radius 2 is 2.12 bits per heavy atom. The van der Waals surface area contributed by atoms with Crippen molar-refractivity contribution in [3.8, 4) is 11.5 Å². The van der Waals surface area contributed by atoms with Crippen molar-refractivity contribution in [2.45, 2.75) is 24.9 Å². The molecule has 0 radical (unpaired) electrons. The zero-order valence-corrected chi connectivity index (χ0v) is 14.8. The molecule has 1 aliphatic rings. The Labute approximate surface area is 145 Å². The second kappa shape index (κ2) is 6.76. The molecule has 128 valence electrons. The van der Waals surface area contributed by atoms with E-state index in [0.29, 0.717) is 18.0 Å². The lowest BCUT2D eigenvalue weighted by Crippen LogP contribution is -2.49. The van der Waals surface area contributed by atoms with Crippen LogP contribution in [0.3, 0.4) is 0 Å². The molecule has 2 unspecified atom stereocenters. The van der Waals surface area contributed by atoms with E-state index in [1.807, 2.05) is 38.1 Å². The lowest BCUT2D eigenvalue weighted by atomic mass is 10.2. The van der Waals surface area contributed by atoms with Crippen LogP contribution in [0.1, 0.15) is 19.9 Å². The van der Waals surface area contributed by atoms with Gasteiger partial charge < -0.3 is 14.0 Å². The van der Waals surface area contributed by atoms with Gasteiger partial charge in [-0.05, 0) is 19.1 Å². The van der Waals surface area contributed by atoms with Gasteiger partial charge in [0.05, 0.1) is 13.4 Å². The molecule has 0 saturated carbocycles. The number of imidazole rings is 1. The second-order valence-corrected chi connectivity index (χ2v) is 7.13. The summed E-state index contributed by atoms with van der Waals surface area (Å²) in [5, 5.41) is -0.763. The quantitative estimate of drug-likeness (QED) is 0.832. The van der Waals surface area contributed by atoms with Crippen LogP contribution in [0.25, 0.3) is 0 Å². The molecule has 6 nitrogen and oxygen atoms in total. The fourth-order valence-electron chi connectivity index (χ4n) is 2.76. The summed E-state index contributed by atoms with van der Waals surface area (Å²) in [5.74, 6) is 2.12. The number of carbonyl (C=O) groups is 1. The van der Waals surface area contributed by atoms with Crippen LogP contribution < -0.4 is 9.47 Å². The third-order valence-corrected chi connectivity index (χ3v) is 5.37. The van der Waals surface area contributed by atoms with E-state index in [2.05, 4.69) is 4.98 Å². The average Bonchev–Trinajstić information content (AvgIpc) is 3.24. The zero-order chi connectivity index (χ0) is 17.2. The molecular weight excluding hydrogens is 326 g/mol. The normalized spacial score (nSPS) is 21.5. The van der Waals surface area contributed by atoms with Crippen molar-refractivity contribution >= 4 is 17.7 Å². The summed E-state index contributed by atoms with van der Waals surface area (Å²) < 4.78 is 13.4. The van der Waals surface area contributed by atoms with Gasteiger partial charge in [-0.1, -0.05) is 23.9 Å². The first-order chi connectivity index (χ1) is 11.5. The molecule has 0 N–H and O–H groups in total. The van der Waals surface area contributed by atoms with Gasteiger partial charge in [-0.25, -0.2) is 4.98 Å². The number of nitrogens with zero attached hydrogens (tertiary/aromatic N) is 3. The van der Waals surface area contributed by atoms with E-state index in [1.54, 1.807) is 47.1 Å². The molecule has 1 aliphatic heterocycles. The van der Waals surface area contributed by atoms with Gasteiger partial charge in [0, 0.05) is 31.6 Å². The van der Waals surface area contributed by atoms with Gasteiger partial charge in [-0.2, -0.15) is 0 Å². The van der Waals surface area contributed by atoms with E-state index in [0.717, 1.165) is 5.75 Å². The molecule has 2 atom stereocenters. The lowest BCUT2D eigenvalue weighted by Gasteiger charge is -2.36. The number of methoxy groups -OCH3 is 1. The first-order valence-corrected chi connectivity index (χ1v) is 8.78. The van der Waals surface area contributed by atoms with E-state index in [1.165, 1.54) is 0 Å². The number of rotatable bonds is 5. The molecule has 1 amide bonds. The molecule has 2 heterocycles. The first-order valence-electron chi connectivity index (χ1n) is 7.80. The van der Waals surface area contributed by atoms with Crippen molar-refractivity contribution in [2.75, 3.05) is 19.4 Å². The maximum Gasteiger partial charge on any atom is 0.249 e. The Kier molecular flexibility index (Phi) is 4.71. The van der Waals surface area contributed by atoms with Crippen molar-refractivity contribution in [3.05, 3.63) is 43.0 Å². The van der Waals surface area contributed by atoms with Gasteiger partial charge >= 0.3 is 0 Å². The van der Waals surface area contributed by atoms with Crippen molar-refractivity contribution in [3.63, 3.8) is 0 Å². The Morgan fingerprint density at radius 1 is 1.38 bits per heavy atom. The summed E-state index contributed by atoms with van der Waals surface area (Å²) in [6, 6.07) is 7.15. The van der Waals surface area contributed by atoms with Crippen LogP contribution in [0.4, 0.5) is 0 Å². The Bertz CT molecular complexity index is 707. The van der Waals surface area contributed by atoms with E-state index in [-0.39, 0.29) is 11.9 Å². The fraction of sp³-hybridized carbons (Fsp3) is 0.412. The third-order valence-electron chi connectivity index (χ3n) is 4.14. The smallest absolute Gasteiger partial charge is 0.249 e. The molecular formula is C17H21N3O3S. The van der Waals surface area contributed by atoms with E-state index >= 15 is 0 Å². The summed E-state index contributed by atoms with van der Waals surface area (Å²) in [5.41, 5.74) is 0. The van der Waals surface area contributed by atoms with Crippen molar-refractivity contribution in [1.82, 2.24) is 14.5 Å². The average molecular weight is 347 g/mol. The summed E-state index contributed by atoms with van der Waals surface area (Å²) >= 11 is 1.61. The number of benzene rings is 1. The van der Waals surface area contributed by atoms with Crippen LogP contribution in [0, 0.1) is 0 Å². The number of carbonyl (C=O) groups excluding carboxylic acids is 1. The monoisotopic (exact) mass is 347 g/mol. The molecule has 0 bridgehead atoms. The van der Waals surface area contributed by atoms with Gasteiger partial charge in [0.25, 0.3) is 0 Å². The molecule has 1 aromatic heterocycles. The van der Waals surface area contributed by atoms with Crippen LogP contribution in [0.5, 0.6) is 11.5 Å². The Morgan fingerprint density at radius 3 is 2.79 bits per heavy atom. The number of ether oxygens (including phenoxy) is 2. The highest BCUT2D eigenvalue weighted by Gasteiger charge is 2.44. The van der Waals surface area contributed by atoms with Crippen molar-refractivity contribution in [2.24, 2.45) is 0 Å². The highest BCUT2D eigenvalue weighted by Crippen LogP contribution is 2.41. The maximum absolute atomic E-state index is 13.0. The molecule has 2 aromatic rings. The minimum atomic E-state index is -0.763. The van der Waals surface area contributed by atoms with Gasteiger partial charge in [-0.15, -0.1) is 0 Å². The van der Waals surface area contributed by atoms with E-state index < -0.39 is 5.06 Å². The lowest BCUT2D eigenvalue weighted by molar-refractivity contribution is -0.143. The first kappa shape index (κ1) is 16.7. The minimum Gasteiger partial charge on any atom is -0.493 e. The summed E-state index contributed by atoms with van der Waals surface area (Å²) in [6.45, 7) is 4.44. The summed E-state index contributed by atoms with van der Waals surface area (Å²) in [7, 11) is 1.61. The minimum absolute atomic E-state index is 0.00963. The number of para-hydroxylation sites is 2. The van der Waals surface area contributed by atoms with Crippen LogP contribution in [-0.4, -0.2) is 44.8 Å². The Balaban J connectivity index is 1.82. The van der Waals surface area contributed by atoms with Crippen molar-refractivity contribution < 1.29 is 14.3 Å². The number of hydrogen-bond donors (Lipinski definition) is 0. The van der Waals surface area contributed by atoms with Crippen LogP contribution >= 0.6 is 11.8 Å². The molecule has 0 spiro atoms. The molecule has 1 fully saturated rings. The number of amides is 1. The fourth-order valence-corrected chi connectivity index (χ4v) is 3.90. The number of aromatic nitrogens is 2. The second-order valence-electron chi connectivity index (χ2n) is 5.67. The topological polar surface area (TPSA) is 56.6 Å². The number of hydrogen-bond acceptors (Lipinski definition) is 5. The Hall–Kier alpha value is -2.15. The SMILES string of the molecule is COc1ccccc1OC1(C)SCCN1C(=O)C(C)n1ccnc1. The molecule has 3 rings (SSSR count).